The van der Waals surface area contributed by atoms with E-state index < -0.39 is 6.09 Å². The fourth-order valence-electron chi connectivity index (χ4n) is 3.09. The number of hydrogen-bond donors (Lipinski definition) is 0. The predicted octanol–water partition coefficient (Wildman–Crippen LogP) is 3.75. The van der Waals surface area contributed by atoms with Crippen LogP contribution in [-0.4, -0.2) is 43.3 Å². The first kappa shape index (κ1) is 20.6. The van der Waals surface area contributed by atoms with Crippen LogP contribution in [0.3, 0.4) is 0 Å². The van der Waals surface area contributed by atoms with Gasteiger partial charge in [-0.2, -0.15) is 0 Å². The van der Waals surface area contributed by atoms with E-state index in [9.17, 15) is 9.59 Å². The van der Waals surface area contributed by atoms with Crippen LogP contribution in [0.15, 0.2) is 66.7 Å². The number of carbonyl (C=O) groups is 2. The van der Waals surface area contributed by atoms with Crippen LogP contribution in [0, 0.1) is 0 Å². The van der Waals surface area contributed by atoms with Gasteiger partial charge in [-0.3, -0.25) is 4.79 Å². The number of cyclic esters (lactones) is 1. The summed E-state index contributed by atoms with van der Waals surface area (Å²) in [4.78, 5) is 25.6. The summed E-state index contributed by atoms with van der Waals surface area (Å²) in [5.74, 6) is 0.449. The lowest BCUT2D eigenvalue weighted by atomic mass is 10.1. The van der Waals surface area contributed by atoms with E-state index in [0.29, 0.717) is 26.1 Å². The normalized spacial score (nSPS) is 16.2. The SMILES string of the molecule is COc1ccc(COCC/C=C/C(=O)N2C(=O)OC[C@@H]2Cc2ccccc2)cc1. The maximum atomic E-state index is 12.5. The Morgan fingerprint density at radius 1 is 1.14 bits per heavy atom. The molecule has 152 valence electrons. The van der Waals surface area contributed by atoms with Crippen molar-refractivity contribution in [2.75, 3.05) is 20.3 Å². The van der Waals surface area contributed by atoms with Crippen molar-refractivity contribution in [1.82, 2.24) is 4.90 Å². The summed E-state index contributed by atoms with van der Waals surface area (Å²) in [7, 11) is 1.63. The largest absolute Gasteiger partial charge is 0.497 e. The van der Waals surface area contributed by atoms with Gasteiger partial charge in [0, 0.05) is 0 Å². The summed E-state index contributed by atoms with van der Waals surface area (Å²) in [5.41, 5.74) is 2.11. The Hall–Kier alpha value is -3.12. The maximum absolute atomic E-state index is 12.5. The van der Waals surface area contributed by atoms with Crippen LogP contribution in [0.5, 0.6) is 5.75 Å². The van der Waals surface area contributed by atoms with Crippen LogP contribution in [0.1, 0.15) is 17.5 Å². The molecule has 1 atom stereocenters. The van der Waals surface area contributed by atoms with E-state index >= 15 is 0 Å². The van der Waals surface area contributed by atoms with Crippen LogP contribution in [0.25, 0.3) is 0 Å². The molecule has 0 radical (unpaired) electrons. The zero-order chi connectivity index (χ0) is 20.5. The van der Waals surface area contributed by atoms with Gasteiger partial charge >= 0.3 is 6.09 Å². The first-order valence-corrected chi connectivity index (χ1v) is 9.58. The molecule has 0 bridgehead atoms. The molecule has 1 heterocycles. The number of benzene rings is 2. The summed E-state index contributed by atoms with van der Waals surface area (Å²) in [6.07, 6.45) is 3.71. The van der Waals surface area contributed by atoms with E-state index in [-0.39, 0.29) is 18.6 Å². The maximum Gasteiger partial charge on any atom is 0.417 e. The number of imide groups is 1. The minimum absolute atomic E-state index is 0.221. The molecule has 1 aliphatic heterocycles. The van der Waals surface area contributed by atoms with E-state index in [2.05, 4.69) is 0 Å². The summed E-state index contributed by atoms with van der Waals surface area (Å²) in [6, 6.07) is 17.1. The Morgan fingerprint density at radius 3 is 2.62 bits per heavy atom. The molecule has 3 rings (SSSR count). The number of amides is 2. The van der Waals surface area contributed by atoms with E-state index in [4.69, 9.17) is 14.2 Å². The van der Waals surface area contributed by atoms with Crippen molar-refractivity contribution in [2.45, 2.75) is 25.5 Å². The number of carbonyl (C=O) groups excluding carboxylic acids is 2. The van der Waals surface area contributed by atoms with E-state index in [1.165, 1.54) is 11.0 Å². The number of hydrogen-bond acceptors (Lipinski definition) is 5. The molecule has 0 saturated carbocycles. The lowest BCUT2D eigenvalue weighted by Crippen LogP contribution is -2.39. The lowest BCUT2D eigenvalue weighted by molar-refractivity contribution is -0.124. The minimum Gasteiger partial charge on any atom is -0.497 e. The highest BCUT2D eigenvalue weighted by molar-refractivity contribution is 5.99. The summed E-state index contributed by atoms with van der Waals surface area (Å²) >= 11 is 0. The quantitative estimate of drug-likeness (QED) is 0.478. The van der Waals surface area contributed by atoms with Crippen LogP contribution >= 0.6 is 0 Å². The van der Waals surface area contributed by atoms with Gasteiger partial charge in [0.1, 0.15) is 12.4 Å². The van der Waals surface area contributed by atoms with Crippen LogP contribution in [0.4, 0.5) is 4.79 Å². The third-order valence-corrected chi connectivity index (χ3v) is 4.63. The lowest BCUT2D eigenvalue weighted by Gasteiger charge is -2.18. The first-order chi connectivity index (χ1) is 14.2. The second-order valence-electron chi connectivity index (χ2n) is 6.72. The van der Waals surface area contributed by atoms with Crippen LogP contribution in [0.2, 0.25) is 0 Å². The third-order valence-electron chi connectivity index (χ3n) is 4.63. The Labute approximate surface area is 170 Å². The van der Waals surface area contributed by atoms with E-state index in [1.807, 2.05) is 54.6 Å². The van der Waals surface area contributed by atoms with Gasteiger partial charge < -0.3 is 14.2 Å². The second-order valence-corrected chi connectivity index (χ2v) is 6.72. The van der Waals surface area contributed by atoms with Crippen LogP contribution < -0.4 is 4.74 Å². The molecule has 1 fully saturated rings. The second kappa shape index (κ2) is 10.4. The number of ether oxygens (including phenoxy) is 3. The summed E-state index contributed by atoms with van der Waals surface area (Å²) in [6.45, 7) is 1.19. The zero-order valence-electron chi connectivity index (χ0n) is 16.5. The molecule has 1 saturated heterocycles. The molecule has 6 nitrogen and oxygen atoms in total. The molecule has 0 unspecified atom stereocenters. The highest BCUT2D eigenvalue weighted by atomic mass is 16.6. The number of methoxy groups -OCH3 is 1. The average molecular weight is 395 g/mol. The highest BCUT2D eigenvalue weighted by Gasteiger charge is 2.36. The standard InChI is InChI=1S/C23H25NO5/c1-27-21-12-10-19(11-13-21)16-28-14-6-5-9-22(25)24-20(17-29-23(24)26)15-18-7-3-2-4-8-18/h2-5,7-13,20H,6,14-17H2,1H3/b9-5+/t20-/m0/s1. The molecule has 2 amide bonds. The van der Waals surface area contributed by atoms with Crippen molar-refractivity contribution < 1.29 is 23.8 Å². The Kier molecular flexibility index (Phi) is 7.41. The van der Waals surface area contributed by atoms with Crippen LogP contribution in [-0.2, 0) is 27.3 Å². The molecular formula is C23H25NO5. The molecule has 1 aliphatic rings. The monoisotopic (exact) mass is 395 g/mol. The molecule has 29 heavy (non-hydrogen) atoms. The van der Waals surface area contributed by atoms with Crippen molar-refractivity contribution in [3.8, 4) is 5.75 Å². The minimum atomic E-state index is -0.587. The van der Waals surface area contributed by atoms with Crippen molar-refractivity contribution in [3.63, 3.8) is 0 Å². The third kappa shape index (κ3) is 5.93. The van der Waals surface area contributed by atoms with Crippen molar-refractivity contribution in [2.24, 2.45) is 0 Å². The van der Waals surface area contributed by atoms with Gasteiger partial charge in [0.2, 0.25) is 0 Å². The Balaban J connectivity index is 1.43. The Morgan fingerprint density at radius 2 is 1.90 bits per heavy atom. The highest BCUT2D eigenvalue weighted by Crippen LogP contribution is 2.18. The van der Waals surface area contributed by atoms with Crippen molar-refractivity contribution in [3.05, 3.63) is 77.9 Å². The fourth-order valence-corrected chi connectivity index (χ4v) is 3.09. The summed E-state index contributed by atoms with van der Waals surface area (Å²) in [5, 5.41) is 0. The molecule has 0 aliphatic carbocycles. The molecule has 2 aromatic carbocycles. The van der Waals surface area contributed by atoms with Gasteiger partial charge in [-0.25, -0.2) is 9.69 Å². The van der Waals surface area contributed by atoms with Crippen molar-refractivity contribution >= 4 is 12.0 Å². The molecular weight excluding hydrogens is 370 g/mol. The number of rotatable bonds is 9. The predicted molar refractivity (Wildman–Crippen MR) is 109 cm³/mol. The fraction of sp³-hybridized carbons (Fsp3) is 0.304. The van der Waals surface area contributed by atoms with Gasteiger partial charge in [-0.05, 0) is 42.2 Å². The van der Waals surface area contributed by atoms with Gasteiger partial charge in [-0.15, -0.1) is 0 Å². The van der Waals surface area contributed by atoms with Gasteiger partial charge in [-0.1, -0.05) is 48.5 Å². The van der Waals surface area contributed by atoms with E-state index in [0.717, 1.165) is 16.9 Å². The van der Waals surface area contributed by atoms with Gasteiger partial charge in [0.25, 0.3) is 5.91 Å². The summed E-state index contributed by atoms with van der Waals surface area (Å²) < 4.78 is 15.8. The molecule has 0 aromatic heterocycles. The first-order valence-electron chi connectivity index (χ1n) is 9.58. The number of nitrogens with zero attached hydrogens (tertiary/aromatic N) is 1. The molecule has 6 heteroatoms. The topological polar surface area (TPSA) is 65.1 Å². The van der Waals surface area contributed by atoms with Gasteiger partial charge in [0.05, 0.1) is 26.4 Å². The Bertz CT molecular complexity index is 832. The van der Waals surface area contributed by atoms with E-state index in [1.54, 1.807) is 13.2 Å². The molecule has 2 aromatic rings. The average Bonchev–Trinajstić information content (AvgIpc) is 3.11. The van der Waals surface area contributed by atoms with Crippen molar-refractivity contribution in [1.29, 1.82) is 0 Å². The van der Waals surface area contributed by atoms with Gasteiger partial charge in [0.15, 0.2) is 0 Å². The molecule has 0 spiro atoms. The smallest absolute Gasteiger partial charge is 0.417 e. The molecule has 0 N–H and O–H groups in total. The zero-order valence-corrected chi connectivity index (χ0v) is 16.5.